The van der Waals surface area contributed by atoms with Gasteiger partial charge in [-0.2, -0.15) is 0 Å². The highest BCUT2D eigenvalue weighted by Crippen LogP contribution is 2.34. The molecule has 3 heteroatoms. The van der Waals surface area contributed by atoms with Gasteiger partial charge in [-0.15, -0.1) is 0 Å². The highest BCUT2D eigenvalue weighted by atomic mass is 35.5. The van der Waals surface area contributed by atoms with E-state index in [1.165, 1.54) is 0 Å². The molecule has 2 aromatic carbocycles. The average molecular weight is 284 g/mol. The second kappa shape index (κ2) is 4.89. The van der Waals surface area contributed by atoms with Gasteiger partial charge in [0.15, 0.2) is 0 Å². The number of hydrogen-bond donors (Lipinski definition) is 1. The summed E-state index contributed by atoms with van der Waals surface area (Å²) >= 11 is 5.91. The summed E-state index contributed by atoms with van der Waals surface area (Å²) in [5.74, 6) is 0. The molecule has 0 fully saturated rings. The number of nitrogens with zero attached hydrogens (tertiary/aromatic N) is 1. The standard InChI is InChI=1S/C17H14ClNO/c1-17(20,13-5-7-14(18)8-6-13)16-4-2-3-12-11-19-10-9-15(12)16/h2-11,20H,1H3. The van der Waals surface area contributed by atoms with E-state index in [9.17, 15) is 5.11 Å². The maximum absolute atomic E-state index is 11.0. The van der Waals surface area contributed by atoms with Gasteiger partial charge < -0.3 is 5.11 Å². The van der Waals surface area contributed by atoms with Gasteiger partial charge in [0.2, 0.25) is 0 Å². The van der Waals surface area contributed by atoms with Crippen molar-refractivity contribution in [2.45, 2.75) is 12.5 Å². The van der Waals surface area contributed by atoms with E-state index in [-0.39, 0.29) is 0 Å². The first-order chi connectivity index (χ1) is 9.59. The Kier molecular flexibility index (Phi) is 3.20. The maximum Gasteiger partial charge on any atom is 0.112 e. The fourth-order valence-corrected chi connectivity index (χ4v) is 2.60. The van der Waals surface area contributed by atoms with Crippen LogP contribution in [0.25, 0.3) is 10.8 Å². The Morgan fingerprint density at radius 1 is 1.05 bits per heavy atom. The molecule has 2 nitrogen and oxygen atoms in total. The number of halogens is 1. The third-order valence-corrected chi connectivity index (χ3v) is 3.86. The monoisotopic (exact) mass is 283 g/mol. The van der Waals surface area contributed by atoms with Gasteiger partial charge >= 0.3 is 0 Å². The summed E-state index contributed by atoms with van der Waals surface area (Å²) in [7, 11) is 0. The summed E-state index contributed by atoms with van der Waals surface area (Å²) in [5, 5.41) is 13.7. The van der Waals surface area contributed by atoms with Crippen molar-refractivity contribution in [3.63, 3.8) is 0 Å². The zero-order chi connectivity index (χ0) is 14.2. The van der Waals surface area contributed by atoms with Crippen molar-refractivity contribution >= 4 is 22.4 Å². The van der Waals surface area contributed by atoms with Crippen molar-refractivity contribution in [2.24, 2.45) is 0 Å². The molecule has 1 N–H and O–H groups in total. The third kappa shape index (κ3) is 2.17. The molecule has 1 unspecified atom stereocenters. The van der Waals surface area contributed by atoms with Crippen LogP contribution in [0, 0.1) is 0 Å². The largest absolute Gasteiger partial charge is 0.381 e. The Labute approximate surface area is 122 Å². The predicted octanol–water partition coefficient (Wildman–Crippen LogP) is 4.14. The smallest absolute Gasteiger partial charge is 0.112 e. The lowest BCUT2D eigenvalue weighted by atomic mass is 9.85. The van der Waals surface area contributed by atoms with Gasteiger partial charge in [0, 0.05) is 22.8 Å². The molecule has 20 heavy (non-hydrogen) atoms. The molecule has 100 valence electrons. The van der Waals surface area contributed by atoms with Crippen LogP contribution in [0.1, 0.15) is 18.1 Å². The molecule has 0 bridgehead atoms. The summed E-state index contributed by atoms with van der Waals surface area (Å²) in [6, 6.07) is 15.1. The summed E-state index contributed by atoms with van der Waals surface area (Å²) in [5.41, 5.74) is 0.594. The molecule has 0 aliphatic carbocycles. The lowest BCUT2D eigenvalue weighted by molar-refractivity contribution is 0.104. The quantitative estimate of drug-likeness (QED) is 0.766. The van der Waals surface area contributed by atoms with E-state index in [1.54, 1.807) is 31.5 Å². The van der Waals surface area contributed by atoms with Crippen LogP contribution in [0.5, 0.6) is 0 Å². The minimum absolute atomic E-state index is 0.659. The van der Waals surface area contributed by atoms with E-state index in [4.69, 9.17) is 11.6 Å². The Balaban J connectivity index is 2.20. The molecule has 0 saturated carbocycles. The molecule has 0 radical (unpaired) electrons. The molecule has 0 saturated heterocycles. The molecule has 1 aromatic heterocycles. The minimum atomic E-state index is -1.08. The normalized spacial score (nSPS) is 14.2. The van der Waals surface area contributed by atoms with Crippen LogP contribution in [0.3, 0.4) is 0 Å². The molecule has 0 aliphatic heterocycles. The number of rotatable bonds is 2. The number of hydrogen-bond acceptors (Lipinski definition) is 2. The van der Waals surface area contributed by atoms with E-state index < -0.39 is 5.60 Å². The predicted molar refractivity (Wildman–Crippen MR) is 81.9 cm³/mol. The number of aliphatic hydroxyl groups is 1. The number of aromatic nitrogens is 1. The zero-order valence-corrected chi connectivity index (χ0v) is 11.8. The Morgan fingerprint density at radius 3 is 2.55 bits per heavy atom. The highest BCUT2D eigenvalue weighted by Gasteiger charge is 2.27. The van der Waals surface area contributed by atoms with Gasteiger partial charge in [-0.05, 0) is 41.6 Å². The SMILES string of the molecule is CC(O)(c1ccc(Cl)cc1)c1cccc2cnccc12. The Hall–Kier alpha value is -1.90. The summed E-state index contributed by atoms with van der Waals surface area (Å²) < 4.78 is 0. The highest BCUT2D eigenvalue weighted by molar-refractivity contribution is 6.30. The van der Waals surface area contributed by atoms with Gasteiger partial charge in [-0.1, -0.05) is 41.9 Å². The first kappa shape index (κ1) is 13.1. The molecule has 3 aromatic rings. The minimum Gasteiger partial charge on any atom is -0.381 e. The van der Waals surface area contributed by atoms with Crippen molar-refractivity contribution in [1.29, 1.82) is 0 Å². The fourth-order valence-electron chi connectivity index (χ4n) is 2.48. The van der Waals surface area contributed by atoms with E-state index in [2.05, 4.69) is 4.98 Å². The zero-order valence-electron chi connectivity index (χ0n) is 11.0. The topological polar surface area (TPSA) is 33.1 Å². The molecule has 0 spiro atoms. The molecular formula is C17H14ClNO. The van der Waals surface area contributed by atoms with Crippen LogP contribution in [-0.4, -0.2) is 10.1 Å². The van der Waals surface area contributed by atoms with Crippen molar-refractivity contribution in [1.82, 2.24) is 4.98 Å². The van der Waals surface area contributed by atoms with Gasteiger partial charge in [-0.3, -0.25) is 4.98 Å². The van der Waals surface area contributed by atoms with Crippen molar-refractivity contribution in [3.05, 3.63) is 77.1 Å². The first-order valence-electron chi connectivity index (χ1n) is 6.41. The number of benzene rings is 2. The van der Waals surface area contributed by atoms with E-state index in [0.29, 0.717) is 5.02 Å². The average Bonchev–Trinajstić information content (AvgIpc) is 2.47. The summed E-state index contributed by atoms with van der Waals surface area (Å²) in [4.78, 5) is 4.12. The van der Waals surface area contributed by atoms with Gasteiger partial charge in [0.25, 0.3) is 0 Å². The molecule has 3 rings (SSSR count). The third-order valence-electron chi connectivity index (χ3n) is 3.61. The maximum atomic E-state index is 11.0. The summed E-state index contributed by atoms with van der Waals surface area (Å²) in [6.07, 6.45) is 3.54. The first-order valence-corrected chi connectivity index (χ1v) is 6.78. The summed E-state index contributed by atoms with van der Waals surface area (Å²) in [6.45, 7) is 1.80. The Morgan fingerprint density at radius 2 is 1.80 bits per heavy atom. The van der Waals surface area contributed by atoms with Crippen LogP contribution in [0.4, 0.5) is 0 Å². The van der Waals surface area contributed by atoms with E-state index >= 15 is 0 Å². The van der Waals surface area contributed by atoms with Crippen molar-refractivity contribution < 1.29 is 5.11 Å². The molecule has 0 aliphatic rings. The van der Waals surface area contributed by atoms with E-state index in [1.807, 2.05) is 36.4 Å². The van der Waals surface area contributed by atoms with Crippen LogP contribution in [0.15, 0.2) is 60.9 Å². The van der Waals surface area contributed by atoms with E-state index in [0.717, 1.165) is 21.9 Å². The van der Waals surface area contributed by atoms with Crippen LogP contribution < -0.4 is 0 Å². The second-order valence-corrected chi connectivity index (χ2v) is 5.42. The fraction of sp³-hybridized carbons (Fsp3) is 0.118. The lowest BCUT2D eigenvalue weighted by Crippen LogP contribution is -2.23. The molecule has 1 atom stereocenters. The lowest BCUT2D eigenvalue weighted by Gasteiger charge is -2.26. The molecule has 0 amide bonds. The van der Waals surface area contributed by atoms with Crippen LogP contribution in [0.2, 0.25) is 5.02 Å². The molecular weight excluding hydrogens is 270 g/mol. The van der Waals surface area contributed by atoms with Gasteiger partial charge in [0.1, 0.15) is 5.60 Å². The van der Waals surface area contributed by atoms with Crippen LogP contribution in [-0.2, 0) is 5.60 Å². The van der Waals surface area contributed by atoms with Gasteiger partial charge in [-0.25, -0.2) is 0 Å². The number of fused-ring (bicyclic) bond motifs is 1. The van der Waals surface area contributed by atoms with Gasteiger partial charge in [0.05, 0.1) is 0 Å². The van der Waals surface area contributed by atoms with Crippen molar-refractivity contribution in [2.75, 3.05) is 0 Å². The Bertz CT molecular complexity index is 745. The second-order valence-electron chi connectivity index (χ2n) is 4.98. The molecule has 1 heterocycles. The van der Waals surface area contributed by atoms with Crippen LogP contribution >= 0.6 is 11.6 Å². The number of pyridine rings is 1. The van der Waals surface area contributed by atoms with Crippen molar-refractivity contribution in [3.8, 4) is 0 Å².